The Bertz CT molecular complexity index is 338. The average Bonchev–Trinajstić information content (AvgIpc) is 2.58. The van der Waals surface area contributed by atoms with E-state index < -0.39 is 24.4 Å². The fourth-order valence-electron chi connectivity index (χ4n) is 2.78. The summed E-state index contributed by atoms with van der Waals surface area (Å²) in [6.07, 6.45) is 5.75. The number of likely N-dealkylation sites (N-methyl/N-ethyl adjacent to an activating group) is 1. The fourth-order valence-corrected chi connectivity index (χ4v) is 2.78. The Kier molecular flexibility index (Phi) is 14.1. The first-order valence-corrected chi connectivity index (χ1v) is 9.77. The number of unbranched alkanes of at least 4 members (excludes halogenated alkanes) is 8. The molecule has 6 nitrogen and oxygen atoms in total. The van der Waals surface area contributed by atoms with Gasteiger partial charge in [0.25, 0.3) is 0 Å². The van der Waals surface area contributed by atoms with Crippen molar-refractivity contribution in [3.8, 4) is 0 Å². The Balaban J connectivity index is 3.81. The molecule has 0 saturated heterocycles. The zero-order valence-electron chi connectivity index (χ0n) is 16.2. The molecule has 0 spiro atoms. The van der Waals surface area contributed by atoms with E-state index >= 15 is 0 Å². The molecule has 4 N–H and O–H groups in total. The van der Waals surface area contributed by atoms with Gasteiger partial charge in [0, 0.05) is 20.0 Å². The fraction of sp³-hybridized carbons (Fsp3) is 0.947. The quantitative estimate of drug-likeness (QED) is 0.333. The molecule has 0 radical (unpaired) electrons. The van der Waals surface area contributed by atoms with E-state index in [-0.39, 0.29) is 12.5 Å². The van der Waals surface area contributed by atoms with Crippen molar-refractivity contribution in [3.63, 3.8) is 0 Å². The number of aliphatic hydroxyl groups is 4. The molecule has 0 rings (SSSR count). The van der Waals surface area contributed by atoms with Crippen molar-refractivity contribution in [3.05, 3.63) is 0 Å². The molecule has 0 aromatic carbocycles. The maximum atomic E-state index is 12.0. The second-order valence-electron chi connectivity index (χ2n) is 7.14. The third-order valence-corrected chi connectivity index (χ3v) is 4.62. The van der Waals surface area contributed by atoms with Gasteiger partial charge in [-0.1, -0.05) is 58.3 Å². The summed E-state index contributed by atoms with van der Waals surface area (Å²) in [6, 6.07) is 0. The van der Waals surface area contributed by atoms with Gasteiger partial charge >= 0.3 is 0 Å². The van der Waals surface area contributed by atoms with Crippen LogP contribution in [-0.2, 0) is 4.79 Å². The van der Waals surface area contributed by atoms with Gasteiger partial charge in [0.1, 0.15) is 18.3 Å². The second-order valence-corrected chi connectivity index (χ2v) is 7.14. The molecule has 6 heteroatoms. The van der Waals surface area contributed by atoms with Gasteiger partial charge in [0.2, 0.25) is 5.91 Å². The van der Waals surface area contributed by atoms with Crippen LogP contribution in [0.4, 0.5) is 0 Å². The number of hydrogen-bond acceptors (Lipinski definition) is 5. The van der Waals surface area contributed by atoms with Crippen LogP contribution in [0.3, 0.4) is 0 Å². The van der Waals surface area contributed by atoms with Crippen molar-refractivity contribution < 1.29 is 25.2 Å². The monoisotopic (exact) mass is 361 g/mol. The summed E-state index contributed by atoms with van der Waals surface area (Å²) in [5.41, 5.74) is 0. The van der Waals surface area contributed by atoms with Crippen molar-refractivity contribution in [2.45, 2.75) is 102 Å². The van der Waals surface area contributed by atoms with E-state index in [9.17, 15) is 25.2 Å². The van der Waals surface area contributed by atoms with E-state index in [2.05, 4.69) is 6.92 Å². The van der Waals surface area contributed by atoms with Crippen LogP contribution < -0.4 is 0 Å². The minimum absolute atomic E-state index is 0.0682. The largest absolute Gasteiger partial charge is 0.391 e. The first-order valence-electron chi connectivity index (χ1n) is 9.77. The van der Waals surface area contributed by atoms with Gasteiger partial charge in [-0.2, -0.15) is 0 Å². The molecule has 0 bridgehead atoms. The Morgan fingerprint density at radius 1 is 0.840 bits per heavy atom. The molecule has 0 aliphatic heterocycles. The summed E-state index contributed by atoms with van der Waals surface area (Å²) < 4.78 is 0. The first kappa shape index (κ1) is 24.3. The van der Waals surface area contributed by atoms with Gasteiger partial charge in [-0.15, -0.1) is 0 Å². The molecule has 4 atom stereocenters. The zero-order chi connectivity index (χ0) is 19.2. The molecule has 0 fully saturated rings. The van der Waals surface area contributed by atoms with Gasteiger partial charge < -0.3 is 25.3 Å². The van der Waals surface area contributed by atoms with E-state index in [0.29, 0.717) is 6.42 Å². The molecule has 0 aromatic heterocycles. The smallest absolute Gasteiger partial charge is 0.222 e. The molecular weight excluding hydrogens is 322 g/mol. The number of nitrogens with zero attached hydrogens (tertiary/aromatic N) is 1. The molecule has 0 aromatic rings. The van der Waals surface area contributed by atoms with Crippen LogP contribution in [0.5, 0.6) is 0 Å². The normalized spacial score (nSPS) is 16.3. The number of hydrogen-bond donors (Lipinski definition) is 4. The lowest BCUT2D eigenvalue weighted by Gasteiger charge is -2.28. The Morgan fingerprint density at radius 3 is 1.80 bits per heavy atom. The highest BCUT2D eigenvalue weighted by Crippen LogP contribution is 2.12. The first-order chi connectivity index (χ1) is 11.8. The van der Waals surface area contributed by atoms with Crippen molar-refractivity contribution in [1.29, 1.82) is 0 Å². The lowest BCUT2D eigenvalue weighted by atomic mass is 10.0. The van der Waals surface area contributed by atoms with Gasteiger partial charge in [-0.05, 0) is 13.3 Å². The van der Waals surface area contributed by atoms with Crippen LogP contribution in [0.2, 0.25) is 0 Å². The molecule has 1 amide bonds. The Morgan fingerprint density at radius 2 is 1.32 bits per heavy atom. The molecule has 0 aliphatic rings. The Labute approximate surface area is 152 Å². The number of aliphatic hydroxyl groups excluding tert-OH is 4. The summed E-state index contributed by atoms with van der Waals surface area (Å²) in [5, 5.41) is 38.4. The topological polar surface area (TPSA) is 101 Å². The molecule has 0 aliphatic carbocycles. The molecule has 0 saturated carbocycles. The van der Waals surface area contributed by atoms with Crippen LogP contribution in [-0.4, -0.2) is 69.2 Å². The lowest BCUT2D eigenvalue weighted by molar-refractivity contribution is -0.136. The van der Waals surface area contributed by atoms with Crippen molar-refractivity contribution >= 4 is 5.91 Å². The third-order valence-electron chi connectivity index (χ3n) is 4.62. The summed E-state index contributed by atoms with van der Waals surface area (Å²) in [7, 11) is 1.57. The summed E-state index contributed by atoms with van der Waals surface area (Å²) in [6.45, 7) is 3.48. The van der Waals surface area contributed by atoms with E-state index in [4.69, 9.17) is 0 Å². The number of rotatable bonds is 15. The summed E-state index contributed by atoms with van der Waals surface area (Å²) in [4.78, 5) is 13.4. The van der Waals surface area contributed by atoms with Crippen molar-refractivity contribution in [2.24, 2.45) is 0 Å². The second kappa shape index (κ2) is 14.5. The summed E-state index contributed by atoms with van der Waals surface area (Å²) in [5.74, 6) is -0.0827. The highest BCUT2D eigenvalue weighted by molar-refractivity contribution is 5.75. The van der Waals surface area contributed by atoms with Gasteiger partial charge in [-0.25, -0.2) is 0 Å². The Hall–Kier alpha value is -0.690. The lowest BCUT2D eigenvalue weighted by Crippen LogP contribution is -2.48. The molecule has 4 unspecified atom stereocenters. The van der Waals surface area contributed by atoms with Gasteiger partial charge in [0.05, 0.1) is 6.10 Å². The van der Waals surface area contributed by atoms with Crippen LogP contribution in [0.1, 0.15) is 78.1 Å². The van der Waals surface area contributed by atoms with E-state index in [1.807, 2.05) is 0 Å². The van der Waals surface area contributed by atoms with E-state index in [0.717, 1.165) is 19.3 Å². The predicted octanol–water partition coefficient (Wildman–Crippen LogP) is 1.83. The molecule has 0 heterocycles. The molecule has 150 valence electrons. The standard InChI is InChI=1S/C19H39NO5/c1-4-5-6-7-8-9-10-11-12-13-17(23)20(3)14-16(22)19(25)18(24)15(2)21/h15-16,18-19,21-22,24-25H,4-14H2,1-3H3. The van der Waals surface area contributed by atoms with E-state index in [1.54, 1.807) is 7.05 Å². The maximum absolute atomic E-state index is 12.0. The SMILES string of the molecule is CCCCCCCCCCCC(=O)N(C)CC(O)C(O)C(O)C(C)O. The van der Waals surface area contributed by atoms with E-state index in [1.165, 1.54) is 50.3 Å². The average molecular weight is 362 g/mol. The number of carbonyl (C=O) groups is 1. The number of amides is 1. The molecular formula is C19H39NO5. The van der Waals surface area contributed by atoms with Gasteiger partial charge in [-0.3, -0.25) is 4.79 Å². The van der Waals surface area contributed by atoms with Crippen LogP contribution in [0.25, 0.3) is 0 Å². The number of carbonyl (C=O) groups excluding carboxylic acids is 1. The van der Waals surface area contributed by atoms with Crippen LogP contribution >= 0.6 is 0 Å². The molecule has 25 heavy (non-hydrogen) atoms. The highest BCUT2D eigenvalue weighted by Gasteiger charge is 2.29. The zero-order valence-corrected chi connectivity index (χ0v) is 16.2. The van der Waals surface area contributed by atoms with Crippen molar-refractivity contribution in [1.82, 2.24) is 4.90 Å². The maximum Gasteiger partial charge on any atom is 0.222 e. The van der Waals surface area contributed by atoms with Crippen LogP contribution in [0, 0.1) is 0 Å². The predicted molar refractivity (Wildman–Crippen MR) is 99.2 cm³/mol. The van der Waals surface area contributed by atoms with Gasteiger partial charge in [0.15, 0.2) is 0 Å². The summed E-state index contributed by atoms with van der Waals surface area (Å²) >= 11 is 0. The van der Waals surface area contributed by atoms with Crippen LogP contribution in [0.15, 0.2) is 0 Å². The minimum Gasteiger partial charge on any atom is -0.391 e. The highest BCUT2D eigenvalue weighted by atomic mass is 16.4. The third kappa shape index (κ3) is 11.5. The van der Waals surface area contributed by atoms with Crippen molar-refractivity contribution in [2.75, 3.05) is 13.6 Å². The minimum atomic E-state index is -1.48.